The number of nitriles is 1. The molecule has 5 aromatic rings. The van der Waals surface area contributed by atoms with Gasteiger partial charge in [-0.1, -0.05) is 103 Å². The van der Waals surface area contributed by atoms with Gasteiger partial charge in [0.15, 0.2) is 5.57 Å². The number of rotatable bonds is 6. The van der Waals surface area contributed by atoms with Gasteiger partial charge in [-0.15, -0.1) is 11.3 Å². The molecule has 0 radical (unpaired) electrons. The van der Waals surface area contributed by atoms with Crippen molar-refractivity contribution < 1.29 is 4.79 Å². The first kappa shape index (κ1) is 29.3. The number of benzene rings is 4. The van der Waals surface area contributed by atoms with E-state index in [9.17, 15) is 14.9 Å². The Morgan fingerprint density at radius 2 is 1.34 bits per heavy atom. The standard InChI is InChI=1S/C36H29ClN4O2S/c37-29-18-16-26(17-19-29)24-32-35(43)41(30-14-8-3-9-15-30)36(44-32)31(25-38)34(42)40-22-20-39(21-23-40)33(27-10-4-1-5-11-27)28-12-6-2-7-13-28/h1-19,24,33H,20-23H2/b32-24+,36-31+. The zero-order valence-electron chi connectivity index (χ0n) is 23.8. The summed E-state index contributed by atoms with van der Waals surface area (Å²) in [4.78, 5) is 31.8. The minimum Gasteiger partial charge on any atom is -0.335 e. The highest BCUT2D eigenvalue weighted by Crippen LogP contribution is 2.29. The van der Waals surface area contributed by atoms with E-state index in [-0.39, 0.29) is 23.1 Å². The van der Waals surface area contributed by atoms with Crippen LogP contribution in [0.15, 0.2) is 120 Å². The van der Waals surface area contributed by atoms with Crippen molar-refractivity contribution in [1.82, 2.24) is 14.4 Å². The van der Waals surface area contributed by atoms with Crippen LogP contribution in [0.25, 0.3) is 17.3 Å². The number of hydrogen-bond acceptors (Lipinski definition) is 5. The van der Waals surface area contributed by atoms with Crippen molar-refractivity contribution in [1.29, 1.82) is 5.26 Å². The Morgan fingerprint density at radius 1 is 0.795 bits per heavy atom. The Bertz CT molecular complexity index is 1940. The molecule has 0 atom stereocenters. The number of amides is 1. The van der Waals surface area contributed by atoms with Gasteiger partial charge in [0.25, 0.3) is 11.5 Å². The van der Waals surface area contributed by atoms with Crippen molar-refractivity contribution in [2.75, 3.05) is 26.2 Å². The van der Waals surface area contributed by atoms with Crippen LogP contribution in [0.4, 0.5) is 0 Å². The Kier molecular flexibility index (Phi) is 8.85. The van der Waals surface area contributed by atoms with Crippen LogP contribution >= 0.6 is 22.9 Å². The molecule has 8 heteroatoms. The third-order valence-electron chi connectivity index (χ3n) is 7.74. The zero-order chi connectivity index (χ0) is 30.5. The fourth-order valence-corrected chi connectivity index (χ4v) is 6.81. The van der Waals surface area contributed by atoms with Crippen LogP contribution in [-0.2, 0) is 4.79 Å². The summed E-state index contributed by atoms with van der Waals surface area (Å²) in [7, 11) is 0. The number of aromatic nitrogens is 1. The second-order valence-corrected chi connectivity index (χ2v) is 11.9. The Balaban J connectivity index is 1.35. The van der Waals surface area contributed by atoms with Crippen molar-refractivity contribution in [2.45, 2.75) is 6.04 Å². The fraction of sp³-hybridized carbons (Fsp3) is 0.139. The Morgan fingerprint density at radius 3 is 1.89 bits per heavy atom. The molecule has 2 heterocycles. The van der Waals surface area contributed by atoms with E-state index in [2.05, 4.69) is 35.2 Å². The molecule has 1 saturated heterocycles. The molecular formula is C36H29ClN4O2S. The van der Waals surface area contributed by atoms with Crippen molar-refractivity contribution in [2.24, 2.45) is 0 Å². The summed E-state index contributed by atoms with van der Waals surface area (Å²) in [5.74, 6) is -0.368. The van der Waals surface area contributed by atoms with Crippen LogP contribution in [-0.4, -0.2) is 46.5 Å². The fourth-order valence-electron chi connectivity index (χ4n) is 5.59. The second-order valence-electron chi connectivity index (χ2n) is 10.5. The summed E-state index contributed by atoms with van der Waals surface area (Å²) in [6.07, 6.45) is 1.76. The van der Waals surface area contributed by atoms with E-state index < -0.39 is 0 Å². The van der Waals surface area contributed by atoms with E-state index in [0.29, 0.717) is 46.1 Å². The molecule has 0 bridgehead atoms. The molecule has 1 amide bonds. The molecule has 0 saturated carbocycles. The maximum atomic E-state index is 14.0. The molecule has 6 nitrogen and oxygen atoms in total. The van der Waals surface area contributed by atoms with Gasteiger partial charge in [0, 0.05) is 31.2 Å². The lowest BCUT2D eigenvalue weighted by atomic mass is 9.96. The third kappa shape index (κ3) is 6.15. The van der Waals surface area contributed by atoms with Gasteiger partial charge in [-0.2, -0.15) is 5.26 Å². The molecule has 218 valence electrons. The molecule has 1 aliphatic heterocycles. The number of thiazole rings is 1. The van der Waals surface area contributed by atoms with Crippen molar-refractivity contribution in [3.05, 3.63) is 157 Å². The average molecular weight is 617 g/mol. The number of para-hydroxylation sites is 1. The molecule has 1 aliphatic rings. The van der Waals surface area contributed by atoms with Crippen LogP contribution < -0.4 is 14.8 Å². The van der Waals surface area contributed by atoms with E-state index in [1.54, 1.807) is 35.2 Å². The van der Waals surface area contributed by atoms with Gasteiger partial charge < -0.3 is 4.90 Å². The molecule has 1 fully saturated rings. The van der Waals surface area contributed by atoms with Crippen LogP contribution in [0.1, 0.15) is 22.7 Å². The van der Waals surface area contributed by atoms with Crippen molar-refractivity contribution >= 4 is 40.5 Å². The summed E-state index contributed by atoms with van der Waals surface area (Å²) in [6.45, 7) is 2.21. The number of carbonyl (C=O) groups excluding carboxylic acids is 1. The summed E-state index contributed by atoms with van der Waals surface area (Å²) >= 11 is 7.20. The van der Waals surface area contributed by atoms with Crippen LogP contribution in [0.3, 0.4) is 0 Å². The summed E-state index contributed by atoms with van der Waals surface area (Å²) in [5, 5.41) is 10.9. The Hall–Kier alpha value is -4.74. The van der Waals surface area contributed by atoms with E-state index in [0.717, 1.165) is 16.9 Å². The number of nitrogens with zero attached hydrogens (tertiary/aromatic N) is 4. The number of halogens is 1. The predicted molar refractivity (Wildman–Crippen MR) is 176 cm³/mol. The van der Waals surface area contributed by atoms with Crippen LogP contribution in [0.5, 0.6) is 0 Å². The largest absolute Gasteiger partial charge is 0.335 e. The maximum Gasteiger partial charge on any atom is 0.273 e. The predicted octanol–water partition coefficient (Wildman–Crippen LogP) is 4.99. The molecule has 1 aromatic heterocycles. The third-order valence-corrected chi connectivity index (χ3v) is 9.09. The summed E-state index contributed by atoms with van der Waals surface area (Å²) < 4.78 is 2.22. The average Bonchev–Trinajstić information content (AvgIpc) is 3.39. The first-order valence-electron chi connectivity index (χ1n) is 14.4. The van der Waals surface area contributed by atoms with E-state index in [4.69, 9.17) is 11.6 Å². The van der Waals surface area contributed by atoms with E-state index in [1.807, 2.05) is 66.7 Å². The van der Waals surface area contributed by atoms with Gasteiger partial charge in [0.1, 0.15) is 10.7 Å². The minimum atomic E-state index is -0.368. The normalized spacial score (nSPS) is 14.8. The quantitative estimate of drug-likeness (QED) is 0.270. The van der Waals surface area contributed by atoms with Crippen molar-refractivity contribution in [3.63, 3.8) is 0 Å². The lowest BCUT2D eigenvalue weighted by molar-refractivity contribution is -0.126. The molecule has 0 unspecified atom stereocenters. The second kappa shape index (κ2) is 13.3. The molecule has 0 N–H and O–H groups in total. The van der Waals surface area contributed by atoms with Gasteiger partial charge in [0.2, 0.25) is 0 Å². The van der Waals surface area contributed by atoms with Crippen LogP contribution in [0.2, 0.25) is 5.02 Å². The monoisotopic (exact) mass is 616 g/mol. The van der Waals surface area contributed by atoms with Crippen molar-refractivity contribution in [3.8, 4) is 11.8 Å². The highest BCUT2D eigenvalue weighted by molar-refractivity contribution is 7.07. The topological polar surface area (TPSA) is 69.3 Å². The summed E-state index contributed by atoms with van der Waals surface area (Å²) in [5.41, 5.74) is 3.45. The smallest absolute Gasteiger partial charge is 0.273 e. The molecule has 0 aliphatic carbocycles. The minimum absolute atomic E-state index is 0.0390. The maximum absolute atomic E-state index is 14.0. The van der Waals surface area contributed by atoms with Gasteiger partial charge in [0.05, 0.1) is 16.3 Å². The number of carbonyl (C=O) groups is 1. The highest BCUT2D eigenvalue weighted by atomic mass is 35.5. The van der Waals surface area contributed by atoms with Gasteiger partial charge in [-0.3, -0.25) is 19.1 Å². The molecule has 0 spiro atoms. The molecule has 44 heavy (non-hydrogen) atoms. The first-order valence-corrected chi connectivity index (χ1v) is 15.5. The van der Waals surface area contributed by atoms with E-state index >= 15 is 0 Å². The number of piperazine rings is 1. The van der Waals surface area contributed by atoms with Gasteiger partial charge >= 0.3 is 0 Å². The van der Waals surface area contributed by atoms with Gasteiger partial charge in [-0.05, 0) is 47.0 Å². The molecular weight excluding hydrogens is 588 g/mol. The molecule has 6 rings (SSSR count). The lowest BCUT2D eigenvalue weighted by Gasteiger charge is -2.39. The van der Waals surface area contributed by atoms with E-state index in [1.165, 1.54) is 15.7 Å². The Labute approximate surface area is 264 Å². The SMILES string of the molecule is N#C/C(C(=O)N1CCN(C(c2ccccc2)c2ccccc2)CC1)=c1\s/c(=C/c2ccc(Cl)cc2)c(=O)n1-c1ccccc1. The first-order chi connectivity index (χ1) is 21.5. The highest BCUT2D eigenvalue weighted by Gasteiger charge is 2.30. The lowest BCUT2D eigenvalue weighted by Crippen LogP contribution is -2.50. The molecule has 4 aromatic carbocycles. The van der Waals surface area contributed by atoms with Crippen LogP contribution in [0, 0.1) is 11.3 Å². The number of hydrogen-bond donors (Lipinski definition) is 0. The zero-order valence-corrected chi connectivity index (χ0v) is 25.4. The van der Waals surface area contributed by atoms with Gasteiger partial charge in [-0.25, -0.2) is 0 Å². The summed E-state index contributed by atoms with van der Waals surface area (Å²) in [6, 6.07) is 39.2.